The van der Waals surface area contributed by atoms with Gasteiger partial charge in [-0.15, -0.1) is 0 Å². The Balaban J connectivity index is 1.79. The van der Waals surface area contributed by atoms with Gasteiger partial charge in [0.1, 0.15) is 5.82 Å². The van der Waals surface area contributed by atoms with Crippen LogP contribution in [0, 0.1) is 11.2 Å². The van der Waals surface area contributed by atoms with Crippen molar-refractivity contribution in [1.29, 1.82) is 0 Å². The van der Waals surface area contributed by atoms with Gasteiger partial charge in [0.25, 0.3) is 0 Å². The van der Waals surface area contributed by atoms with E-state index >= 15 is 0 Å². The Bertz CT molecular complexity index is 997. The van der Waals surface area contributed by atoms with Crippen LogP contribution in [0.4, 0.5) is 4.39 Å². The van der Waals surface area contributed by atoms with Crippen LogP contribution in [-0.2, 0) is 9.84 Å². The van der Waals surface area contributed by atoms with Crippen molar-refractivity contribution in [2.24, 2.45) is 5.41 Å². The Morgan fingerprint density at radius 3 is 2.19 bits per heavy atom. The summed E-state index contributed by atoms with van der Waals surface area (Å²) in [7, 11) is -3.22. The second kappa shape index (κ2) is 6.16. The molecule has 1 saturated carbocycles. The van der Waals surface area contributed by atoms with Crippen LogP contribution in [-0.4, -0.2) is 19.7 Å². The summed E-state index contributed by atoms with van der Waals surface area (Å²) in [4.78, 5) is 4.57. The first kappa shape index (κ1) is 17.2. The van der Waals surface area contributed by atoms with E-state index in [0.717, 1.165) is 35.2 Å². The molecule has 0 amide bonds. The van der Waals surface area contributed by atoms with Crippen LogP contribution in [0.5, 0.6) is 0 Å². The molecule has 2 aromatic rings. The largest absolute Gasteiger partial charge is 0.253 e. The third-order valence-corrected chi connectivity index (χ3v) is 6.41. The SMILES string of the molecule is CS(=O)(=O)c1ccc(C2=CC3(C=C2c2ccc(F)cn2)CCCC3)cc1. The van der Waals surface area contributed by atoms with Crippen LogP contribution in [0.1, 0.15) is 36.9 Å². The van der Waals surface area contributed by atoms with Crippen molar-refractivity contribution >= 4 is 21.0 Å². The maximum atomic E-state index is 13.3. The molecule has 5 heteroatoms. The lowest BCUT2D eigenvalue weighted by atomic mass is 9.88. The van der Waals surface area contributed by atoms with Crippen molar-refractivity contribution in [3.8, 4) is 0 Å². The molecule has 2 aliphatic rings. The summed E-state index contributed by atoms with van der Waals surface area (Å²) in [5.41, 5.74) is 3.79. The Kier molecular flexibility index (Phi) is 4.07. The van der Waals surface area contributed by atoms with Gasteiger partial charge in [-0.25, -0.2) is 12.8 Å². The number of aromatic nitrogens is 1. The van der Waals surface area contributed by atoms with Crippen LogP contribution in [0.25, 0.3) is 11.1 Å². The minimum atomic E-state index is -3.22. The van der Waals surface area contributed by atoms with E-state index in [1.54, 1.807) is 18.2 Å². The van der Waals surface area contributed by atoms with Crippen molar-refractivity contribution in [3.05, 3.63) is 71.8 Å². The maximum absolute atomic E-state index is 13.3. The monoisotopic (exact) mass is 369 g/mol. The number of halogens is 1. The van der Waals surface area contributed by atoms with Gasteiger partial charge in [-0.1, -0.05) is 37.1 Å². The molecular formula is C21H20FNO2S. The molecule has 0 atom stereocenters. The number of benzene rings is 1. The zero-order valence-electron chi connectivity index (χ0n) is 14.6. The van der Waals surface area contributed by atoms with Crippen molar-refractivity contribution in [3.63, 3.8) is 0 Å². The first-order valence-corrected chi connectivity index (χ1v) is 10.6. The molecular weight excluding hydrogens is 349 g/mol. The third-order valence-electron chi connectivity index (χ3n) is 5.29. The van der Waals surface area contributed by atoms with Crippen molar-refractivity contribution < 1.29 is 12.8 Å². The van der Waals surface area contributed by atoms with E-state index in [9.17, 15) is 12.8 Å². The second-order valence-corrected chi connectivity index (χ2v) is 9.23. The predicted octanol–water partition coefficient (Wildman–Crippen LogP) is 4.67. The summed E-state index contributed by atoms with van der Waals surface area (Å²) in [6, 6.07) is 10.1. The van der Waals surface area contributed by atoms with Gasteiger partial charge in [-0.05, 0) is 48.2 Å². The Morgan fingerprint density at radius 1 is 0.962 bits per heavy atom. The van der Waals surface area contributed by atoms with Crippen LogP contribution in [0.2, 0.25) is 0 Å². The van der Waals surface area contributed by atoms with E-state index in [4.69, 9.17) is 0 Å². The predicted molar refractivity (Wildman–Crippen MR) is 101 cm³/mol. The molecule has 134 valence electrons. The van der Waals surface area contributed by atoms with Crippen LogP contribution >= 0.6 is 0 Å². The first-order valence-electron chi connectivity index (χ1n) is 8.75. The number of rotatable bonds is 3. The molecule has 26 heavy (non-hydrogen) atoms. The van der Waals surface area contributed by atoms with Gasteiger partial charge in [-0.3, -0.25) is 4.98 Å². The Morgan fingerprint density at radius 2 is 1.62 bits per heavy atom. The quantitative estimate of drug-likeness (QED) is 0.790. The van der Waals surface area contributed by atoms with Gasteiger partial charge >= 0.3 is 0 Å². The van der Waals surface area contributed by atoms with E-state index in [-0.39, 0.29) is 11.2 Å². The average molecular weight is 369 g/mol. The third kappa shape index (κ3) is 3.12. The Hall–Kier alpha value is -2.27. The minimum absolute atomic E-state index is 0.0379. The molecule has 0 unspecified atom stereocenters. The second-order valence-electron chi connectivity index (χ2n) is 7.21. The van der Waals surface area contributed by atoms with E-state index in [1.165, 1.54) is 31.4 Å². The van der Waals surface area contributed by atoms with Crippen molar-refractivity contribution in [1.82, 2.24) is 4.98 Å². The molecule has 1 aromatic heterocycles. The summed E-state index contributed by atoms with van der Waals surface area (Å²) in [5, 5.41) is 0. The van der Waals surface area contributed by atoms with Gasteiger partial charge in [0.15, 0.2) is 9.84 Å². The standard InChI is InChI=1S/C21H20FNO2S/c1-26(24,25)17-7-4-15(5-8-17)18-12-21(10-2-3-11-21)13-19(18)20-9-6-16(22)14-23-20/h4-9,12-14H,2-3,10-11H2,1H3. The number of hydrogen-bond donors (Lipinski definition) is 0. The van der Waals surface area contributed by atoms with E-state index < -0.39 is 9.84 Å². The van der Waals surface area contributed by atoms with Crippen LogP contribution < -0.4 is 0 Å². The van der Waals surface area contributed by atoms with Crippen molar-refractivity contribution in [2.45, 2.75) is 30.6 Å². The van der Waals surface area contributed by atoms with Gasteiger partial charge in [-0.2, -0.15) is 0 Å². The van der Waals surface area contributed by atoms with Gasteiger partial charge < -0.3 is 0 Å². The van der Waals surface area contributed by atoms with E-state index in [1.807, 2.05) is 12.1 Å². The summed E-state index contributed by atoms with van der Waals surface area (Å²) in [6.45, 7) is 0. The number of sulfone groups is 1. The lowest BCUT2D eigenvalue weighted by Gasteiger charge is -2.16. The number of nitrogens with zero attached hydrogens (tertiary/aromatic N) is 1. The number of allylic oxidation sites excluding steroid dienone is 4. The average Bonchev–Trinajstić information content (AvgIpc) is 3.22. The fourth-order valence-corrected chi connectivity index (χ4v) is 4.59. The molecule has 3 nitrogen and oxygen atoms in total. The fourth-order valence-electron chi connectivity index (χ4n) is 3.96. The van der Waals surface area contributed by atoms with Crippen LogP contribution in [0.15, 0.2) is 59.6 Å². The highest BCUT2D eigenvalue weighted by atomic mass is 32.2. The summed E-state index contributed by atoms with van der Waals surface area (Å²) in [6.07, 6.45) is 11.6. The van der Waals surface area contributed by atoms with Gasteiger partial charge in [0.2, 0.25) is 0 Å². The van der Waals surface area contributed by atoms with Crippen LogP contribution in [0.3, 0.4) is 0 Å². The van der Waals surface area contributed by atoms with Crippen molar-refractivity contribution in [2.75, 3.05) is 6.26 Å². The summed E-state index contributed by atoms with van der Waals surface area (Å²) < 4.78 is 36.7. The molecule has 0 N–H and O–H groups in total. The molecule has 0 bridgehead atoms. The smallest absolute Gasteiger partial charge is 0.175 e. The molecule has 1 fully saturated rings. The molecule has 1 spiro atoms. The summed E-state index contributed by atoms with van der Waals surface area (Å²) >= 11 is 0. The highest BCUT2D eigenvalue weighted by Crippen LogP contribution is 2.51. The zero-order valence-corrected chi connectivity index (χ0v) is 15.4. The van der Waals surface area contributed by atoms with Gasteiger partial charge in [0.05, 0.1) is 16.8 Å². The molecule has 0 aliphatic heterocycles. The van der Waals surface area contributed by atoms with Gasteiger partial charge in [0, 0.05) is 17.2 Å². The molecule has 0 radical (unpaired) electrons. The lowest BCUT2D eigenvalue weighted by Crippen LogP contribution is -2.05. The highest BCUT2D eigenvalue weighted by molar-refractivity contribution is 7.90. The zero-order chi connectivity index (χ0) is 18.4. The van der Waals surface area contributed by atoms with E-state index in [0.29, 0.717) is 4.90 Å². The molecule has 1 aromatic carbocycles. The summed E-state index contributed by atoms with van der Waals surface area (Å²) in [5.74, 6) is -0.356. The fraction of sp³-hybridized carbons (Fsp3) is 0.286. The normalized spacial score (nSPS) is 18.8. The lowest BCUT2D eigenvalue weighted by molar-refractivity contribution is 0.523. The highest BCUT2D eigenvalue weighted by Gasteiger charge is 2.36. The maximum Gasteiger partial charge on any atom is 0.175 e. The molecule has 2 aliphatic carbocycles. The molecule has 1 heterocycles. The minimum Gasteiger partial charge on any atom is -0.253 e. The molecule has 0 saturated heterocycles. The first-order chi connectivity index (χ1) is 12.4. The topological polar surface area (TPSA) is 47.0 Å². The number of pyridine rings is 1. The molecule has 4 rings (SSSR count). The Labute approximate surface area is 153 Å². The van der Waals surface area contributed by atoms with E-state index in [2.05, 4.69) is 17.1 Å². The number of hydrogen-bond acceptors (Lipinski definition) is 3.